The van der Waals surface area contributed by atoms with Crippen LogP contribution in [0.25, 0.3) is 0 Å². The normalized spacial score (nSPS) is 14.7. The van der Waals surface area contributed by atoms with Crippen molar-refractivity contribution in [3.05, 3.63) is 155 Å². The molecule has 0 saturated carbocycles. The van der Waals surface area contributed by atoms with Gasteiger partial charge in [-0.15, -0.1) is 0 Å². The number of ether oxygens (including phenoxy) is 6. The average molecular weight is 1390 g/mol. The van der Waals surface area contributed by atoms with Gasteiger partial charge in [0.05, 0.1) is 37.6 Å². The highest BCUT2D eigenvalue weighted by Crippen LogP contribution is 2.47. The zero-order chi connectivity index (χ0) is 73.2. The van der Waals surface area contributed by atoms with Crippen LogP contribution in [0.5, 0.6) is 0 Å². The molecule has 0 saturated heterocycles. The van der Waals surface area contributed by atoms with Crippen LogP contribution in [0.2, 0.25) is 33.2 Å². The lowest BCUT2D eigenvalue weighted by molar-refractivity contribution is -0.147. The van der Waals surface area contributed by atoms with Crippen molar-refractivity contribution in [3.63, 3.8) is 0 Å². The van der Waals surface area contributed by atoms with Crippen LogP contribution in [0, 0.1) is 11.8 Å². The fourth-order valence-electron chi connectivity index (χ4n) is 14.2. The van der Waals surface area contributed by atoms with Crippen molar-refractivity contribution in [1.82, 2.24) is 10.6 Å². The van der Waals surface area contributed by atoms with Crippen molar-refractivity contribution in [2.24, 2.45) is 11.8 Å². The van der Waals surface area contributed by atoms with E-state index in [9.17, 15) is 19.2 Å². The molecule has 0 aromatic heterocycles. The maximum absolute atomic E-state index is 13.3. The number of amides is 2. The molecule has 16 heteroatoms. The van der Waals surface area contributed by atoms with Crippen LogP contribution in [-0.4, -0.2) is 82.4 Å². The SMILES string of the molecule is CCC[C@@H](CCC/C=C(\NC(=O)OC(C)(C)C)C(=O)OCc1ccccc1)[C@@H](O[Si](C(C)C)(C(C)C)C(C)C)[C@H](C)OCc1ccccc1.CCC[C@@H](CCCC[C@H](NC(=O)OC(C)(C)C)C(=O)OCc1ccccc1)[C@@H](O[Si](C(C)C)(C(C)C)C(C)C)[C@H](C)OCc1ccccc1. The standard InChI is InChI=1S/C41H67NO6Si.C41H65NO6Si/c2*1-12-21-36(38(33(8)45-28-34-22-15-13-16-23-34)48-49(30(2)3,31(4)5)32(6)7)26-19-20-27-37(42-40(44)47-41(9,10)11)39(43)46-29-35-24-17-14-18-25-35/h13-18,22-25,30-33,36-38H,12,19-21,26-29H2,1-11H3,(H,42,44);13-18,22-25,27,30-33,36,38H,12,19-21,26,28-29H2,1-11H3,(H,42,44)/b;37-27-/t33-,36-,37-,38-;33-,36-,38-/m00/s1. The molecule has 7 atom stereocenters. The third-order valence-corrected chi connectivity index (χ3v) is 30.9. The van der Waals surface area contributed by atoms with Crippen LogP contribution in [0.15, 0.2) is 133 Å². The van der Waals surface area contributed by atoms with Gasteiger partial charge in [0.15, 0.2) is 0 Å². The number of hydrogen-bond donors (Lipinski definition) is 2. The van der Waals surface area contributed by atoms with E-state index in [1.807, 2.05) is 118 Å². The molecule has 0 unspecified atom stereocenters. The Morgan fingerprint density at radius 2 is 0.765 bits per heavy atom. The first-order valence-electron chi connectivity index (χ1n) is 37.0. The minimum atomic E-state index is -2.22. The number of alkyl carbamates (subject to hydrolysis) is 2. The van der Waals surface area contributed by atoms with Gasteiger partial charge in [0.1, 0.15) is 36.2 Å². The Labute approximate surface area is 596 Å². The van der Waals surface area contributed by atoms with Crippen molar-refractivity contribution in [2.75, 3.05) is 0 Å². The molecular formula is C82H132N2O12Si2. The molecule has 0 fully saturated rings. The first-order valence-corrected chi connectivity index (χ1v) is 41.3. The highest BCUT2D eigenvalue weighted by atomic mass is 28.4. The fourth-order valence-corrected chi connectivity index (χ4v) is 25.6. The lowest BCUT2D eigenvalue weighted by Crippen LogP contribution is -2.54. The molecule has 0 spiro atoms. The van der Waals surface area contributed by atoms with Crippen LogP contribution < -0.4 is 10.6 Å². The smallest absolute Gasteiger partial charge is 0.412 e. The first-order chi connectivity index (χ1) is 46.2. The lowest BCUT2D eigenvalue weighted by Gasteiger charge is -2.47. The summed E-state index contributed by atoms with van der Waals surface area (Å²) in [7, 11) is -4.44. The summed E-state index contributed by atoms with van der Waals surface area (Å²) >= 11 is 0. The summed E-state index contributed by atoms with van der Waals surface area (Å²) in [6, 6.07) is 38.9. The maximum Gasteiger partial charge on any atom is 0.412 e. The molecule has 0 heterocycles. The Balaban J connectivity index is 0.000000510. The summed E-state index contributed by atoms with van der Waals surface area (Å²) in [5, 5.41) is 5.44. The molecule has 0 radical (unpaired) electrons. The number of carbonyl (C=O) groups is 4. The number of rotatable bonds is 41. The molecule has 4 aromatic rings. The zero-order valence-electron chi connectivity index (χ0n) is 64.6. The van der Waals surface area contributed by atoms with E-state index >= 15 is 0 Å². The van der Waals surface area contributed by atoms with E-state index in [0.717, 1.165) is 80.0 Å². The molecule has 0 aliphatic rings. The molecule has 4 rings (SSSR count). The van der Waals surface area contributed by atoms with Gasteiger partial charge in [0, 0.05) is 0 Å². The van der Waals surface area contributed by atoms with E-state index in [4.69, 9.17) is 37.3 Å². The zero-order valence-corrected chi connectivity index (χ0v) is 66.6. The average Bonchev–Trinajstić information content (AvgIpc) is 0.793. The lowest BCUT2D eigenvalue weighted by atomic mass is 9.88. The van der Waals surface area contributed by atoms with Crippen LogP contribution in [0.3, 0.4) is 0 Å². The van der Waals surface area contributed by atoms with E-state index in [-0.39, 0.29) is 49.2 Å². The van der Waals surface area contributed by atoms with Gasteiger partial charge < -0.3 is 42.6 Å². The highest BCUT2D eigenvalue weighted by Gasteiger charge is 2.50. The van der Waals surface area contributed by atoms with E-state index in [0.29, 0.717) is 65.2 Å². The number of unbranched alkanes of at least 4 members (excludes halogenated alkanes) is 2. The molecule has 550 valence electrons. The van der Waals surface area contributed by atoms with Crippen molar-refractivity contribution in [2.45, 2.75) is 324 Å². The summed E-state index contributed by atoms with van der Waals surface area (Å²) in [6.07, 6.45) is 9.58. The van der Waals surface area contributed by atoms with Crippen molar-refractivity contribution >= 4 is 40.8 Å². The Morgan fingerprint density at radius 3 is 1.12 bits per heavy atom. The number of esters is 2. The van der Waals surface area contributed by atoms with Crippen LogP contribution in [0.1, 0.15) is 245 Å². The summed E-state index contributed by atoms with van der Waals surface area (Å²) in [4.78, 5) is 51.9. The predicted molar refractivity (Wildman–Crippen MR) is 405 cm³/mol. The predicted octanol–water partition coefficient (Wildman–Crippen LogP) is 21.7. The van der Waals surface area contributed by atoms with Crippen molar-refractivity contribution in [1.29, 1.82) is 0 Å². The first kappa shape index (κ1) is 86.6. The summed E-state index contributed by atoms with van der Waals surface area (Å²) < 4.78 is 50.4. The van der Waals surface area contributed by atoms with Gasteiger partial charge in [-0.25, -0.2) is 19.2 Å². The number of allylic oxidation sites excluding steroid dienone is 1. The third kappa shape index (κ3) is 30.3. The van der Waals surface area contributed by atoms with Gasteiger partial charge in [0.2, 0.25) is 16.6 Å². The Kier molecular flexibility index (Phi) is 38.8. The highest BCUT2D eigenvalue weighted by molar-refractivity contribution is 6.78. The molecule has 2 N–H and O–H groups in total. The van der Waals surface area contributed by atoms with Crippen LogP contribution in [-0.2, 0) is 73.3 Å². The minimum Gasteiger partial charge on any atom is -0.459 e. The van der Waals surface area contributed by atoms with Gasteiger partial charge in [-0.05, 0) is 168 Å². The van der Waals surface area contributed by atoms with Gasteiger partial charge in [-0.1, -0.05) is 250 Å². The van der Waals surface area contributed by atoms with Gasteiger partial charge in [0.25, 0.3) is 0 Å². The molecule has 0 aliphatic carbocycles. The van der Waals surface area contributed by atoms with Crippen molar-refractivity contribution < 1.29 is 56.5 Å². The molecule has 0 aliphatic heterocycles. The Hall–Kier alpha value is -5.63. The summed E-state index contributed by atoms with van der Waals surface area (Å²) in [6.45, 7) is 48.9. The number of carbonyl (C=O) groups excluding carboxylic acids is 4. The van der Waals surface area contributed by atoms with E-state index in [1.165, 1.54) is 0 Å². The van der Waals surface area contributed by atoms with E-state index < -0.39 is 58.0 Å². The Bertz CT molecular complexity index is 2830. The second-order valence-electron chi connectivity index (χ2n) is 30.7. The second kappa shape index (κ2) is 43.9. The van der Waals surface area contributed by atoms with Gasteiger partial charge >= 0.3 is 24.1 Å². The number of benzene rings is 4. The molecule has 14 nitrogen and oxygen atoms in total. The van der Waals surface area contributed by atoms with Crippen LogP contribution >= 0.6 is 0 Å². The summed E-state index contributed by atoms with van der Waals surface area (Å²) in [5.74, 6) is -0.489. The number of hydrogen-bond acceptors (Lipinski definition) is 12. The quantitative estimate of drug-likeness (QED) is 0.0142. The molecular weight excluding hydrogens is 1260 g/mol. The summed E-state index contributed by atoms with van der Waals surface area (Å²) in [5.41, 5.74) is 5.50. The van der Waals surface area contributed by atoms with Gasteiger partial charge in [-0.2, -0.15) is 0 Å². The van der Waals surface area contributed by atoms with E-state index in [1.54, 1.807) is 26.8 Å². The molecule has 4 aromatic carbocycles. The van der Waals surface area contributed by atoms with Crippen LogP contribution in [0.4, 0.5) is 9.59 Å². The maximum atomic E-state index is 13.3. The number of nitrogens with one attached hydrogen (secondary N) is 2. The van der Waals surface area contributed by atoms with Gasteiger partial charge in [-0.3, -0.25) is 5.32 Å². The second-order valence-corrected chi connectivity index (χ2v) is 41.5. The molecule has 98 heavy (non-hydrogen) atoms. The fraction of sp³-hybridized carbons (Fsp3) is 0.634. The third-order valence-electron chi connectivity index (χ3n) is 18.7. The minimum absolute atomic E-state index is 0.0472. The topological polar surface area (TPSA) is 166 Å². The Morgan fingerprint density at radius 1 is 0.429 bits per heavy atom. The monoisotopic (exact) mass is 1390 g/mol. The molecule has 2 amide bonds. The van der Waals surface area contributed by atoms with E-state index in [2.05, 4.69) is 146 Å². The largest absolute Gasteiger partial charge is 0.459 e. The van der Waals surface area contributed by atoms with Crippen molar-refractivity contribution in [3.8, 4) is 0 Å². The molecule has 0 bridgehead atoms.